The van der Waals surface area contributed by atoms with Crippen LogP contribution in [0.1, 0.15) is 21.6 Å². The van der Waals surface area contributed by atoms with Gasteiger partial charge in [-0.3, -0.25) is 4.98 Å². The molecule has 5 heteroatoms. The van der Waals surface area contributed by atoms with Gasteiger partial charge in [0.2, 0.25) is 5.69 Å². The molecule has 0 atom stereocenters. The maximum absolute atomic E-state index is 11.6. The van der Waals surface area contributed by atoms with Crippen LogP contribution in [0.3, 0.4) is 0 Å². The summed E-state index contributed by atoms with van der Waals surface area (Å²) in [4.78, 5) is 27.5. The number of pyridine rings is 2. The van der Waals surface area contributed by atoms with Gasteiger partial charge in [-0.15, -0.1) is 0 Å². The summed E-state index contributed by atoms with van der Waals surface area (Å²) in [5.41, 5.74) is 4.39. The minimum absolute atomic E-state index is 0.341. The number of imide groups is 1. The number of aromatic nitrogens is 2. The molecule has 1 aliphatic carbocycles. The summed E-state index contributed by atoms with van der Waals surface area (Å²) in [7, 11) is 0. The van der Waals surface area contributed by atoms with Gasteiger partial charge in [0.05, 0.1) is 5.69 Å². The van der Waals surface area contributed by atoms with Crippen molar-refractivity contribution in [1.29, 1.82) is 0 Å². The normalized spacial score (nSPS) is 15.1. The molecule has 1 N–H and O–H groups in total. The number of nitrogens with zero attached hydrogens (tertiary/aromatic N) is 2. The second-order valence-corrected chi connectivity index (χ2v) is 4.41. The molecule has 0 radical (unpaired) electrons. The topological polar surface area (TPSA) is 62.9 Å². The van der Waals surface area contributed by atoms with Gasteiger partial charge in [-0.1, -0.05) is 6.07 Å². The second-order valence-electron chi connectivity index (χ2n) is 4.41. The molecular formula is C13H8N3O2+. The van der Waals surface area contributed by atoms with Crippen molar-refractivity contribution in [2.45, 2.75) is 6.42 Å². The van der Waals surface area contributed by atoms with Crippen molar-refractivity contribution in [2.75, 3.05) is 0 Å². The third kappa shape index (κ3) is 1.05. The molecule has 0 aromatic carbocycles. The van der Waals surface area contributed by atoms with Crippen molar-refractivity contribution in [3.8, 4) is 11.3 Å². The second kappa shape index (κ2) is 3.01. The van der Waals surface area contributed by atoms with E-state index in [4.69, 9.17) is 0 Å². The van der Waals surface area contributed by atoms with Gasteiger partial charge < -0.3 is 0 Å². The maximum Gasteiger partial charge on any atom is 0.504 e. The van der Waals surface area contributed by atoms with Gasteiger partial charge in [0.25, 0.3) is 0 Å². The van der Waals surface area contributed by atoms with E-state index < -0.39 is 6.03 Å². The zero-order valence-electron chi connectivity index (χ0n) is 9.30. The van der Waals surface area contributed by atoms with E-state index in [2.05, 4.69) is 10.3 Å². The summed E-state index contributed by atoms with van der Waals surface area (Å²) in [5, 5.41) is 2.27. The number of carbonyl (C=O) groups excluding carboxylic acids is 2. The van der Waals surface area contributed by atoms with Crippen LogP contribution in [0.4, 0.5) is 4.79 Å². The first-order chi connectivity index (χ1) is 8.74. The SMILES string of the molecule is O=C1NC(=O)[n+]2cc3c(cc21)Cc1cccnc1-3. The van der Waals surface area contributed by atoms with Crippen LogP contribution in [0, 0.1) is 0 Å². The molecule has 2 aromatic heterocycles. The van der Waals surface area contributed by atoms with Gasteiger partial charge in [0.1, 0.15) is 6.20 Å². The Hall–Kier alpha value is -2.56. The van der Waals surface area contributed by atoms with Crippen LogP contribution in [0.2, 0.25) is 0 Å². The molecule has 2 aromatic rings. The summed E-state index contributed by atoms with van der Waals surface area (Å²) in [5.74, 6) is -0.341. The van der Waals surface area contributed by atoms with Crippen LogP contribution in [0.15, 0.2) is 30.6 Å². The minimum Gasteiger partial charge on any atom is -0.256 e. The average Bonchev–Trinajstić information content (AvgIpc) is 2.86. The number of nitrogens with one attached hydrogen (secondary N) is 1. The van der Waals surface area contributed by atoms with Crippen molar-refractivity contribution in [2.24, 2.45) is 0 Å². The van der Waals surface area contributed by atoms with Gasteiger partial charge in [0.15, 0.2) is 0 Å². The monoisotopic (exact) mass is 238 g/mol. The lowest BCUT2D eigenvalue weighted by Crippen LogP contribution is -2.43. The van der Waals surface area contributed by atoms with E-state index in [1.807, 2.05) is 12.1 Å². The summed E-state index contributed by atoms with van der Waals surface area (Å²) in [6.45, 7) is 0. The Morgan fingerprint density at radius 3 is 3.06 bits per heavy atom. The Morgan fingerprint density at radius 1 is 1.28 bits per heavy atom. The van der Waals surface area contributed by atoms with Crippen molar-refractivity contribution in [3.05, 3.63) is 47.4 Å². The van der Waals surface area contributed by atoms with Gasteiger partial charge in [-0.25, -0.2) is 4.79 Å². The summed E-state index contributed by atoms with van der Waals surface area (Å²) < 4.78 is 1.35. The zero-order valence-corrected chi connectivity index (χ0v) is 9.30. The Balaban J connectivity index is 2.01. The van der Waals surface area contributed by atoms with Crippen LogP contribution in [0.25, 0.3) is 11.3 Å². The number of carbonyl (C=O) groups is 2. The van der Waals surface area contributed by atoms with Gasteiger partial charge in [-0.05, 0) is 23.3 Å². The summed E-state index contributed by atoms with van der Waals surface area (Å²) in [6.07, 6.45) is 4.19. The third-order valence-electron chi connectivity index (χ3n) is 3.37. The highest BCUT2D eigenvalue weighted by Crippen LogP contribution is 2.34. The lowest BCUT2D eigenvalue weighted by molar-refractivity contribution is -0.566. The predicted octanol–water partition coefficient (Wildman–Crippen LogP) is 0.652. The molecule has 0 saturated carbocycles. The van der Waals surface area contributed by atoms with Crippen LogP contribution >= 0.6 is 0 Å². The van der Waals surface area contributed by atoms with E-state index in [0.29, 0.717) is 5.69 Å². The van der Waals surface area contributed by atoms with Crippen molar-refractivity contribution in [1.82, 2.24) is 10.3 Å². The Labute approximate surface area is 102 Å². The average molecular weight is 238 g/mol. The third-order valence-corrected chi connectivity index (χ3v) is 3.37. The molecule has 0 spiro atoms. The first kappa shape index (κ1) is 9.47. The first-order valence-corrected chi connectivity index (χ1v) is 5.62. The van der Waals surface area contributed by atoms with Crippen molar-refractivity contribution < 1.29 is 14.2 Å². The van der Waals surface area contributed by atoms with E-state index in [-0.39, 0.29) is 5.91 Å². The highest BCUT2D eigenvalue weighted by atomic mass is 16.2. The van der Waals surface area contributed by atoms with Gasteiger partial charge in [0, 0.05) is 18.2 Å². The fraction of sp³-hybridized carbons (Fsp3) is 0.0769. The molecule has 3 heterocycles. The molecule has 86 valence electrons. The molecule has 0 bridgehead atoms. The largest absolute Gasteiger partial charge is 0.504 e. The minimum atomic E-state index is -0.401. The van der Waals surface area contributed by atoms with Crippen LogP contribution in [0.5, 0.6) is 0 Å². The molecule has 0 saturated heterocycles. The molecule has 5 nitrogen and oxygen atoms in total. The molecule has 0 fully saturated rings. The molecule has 18 heavy (non-hydrogen) atoms. The number of hydrogen-bond donors (Lipinski definition) is 1. The van der Waals surface area contributed by atoms with E-state index in [9.17, 15) is 9.59 Å². The Kier molecular flexibility index (Phi) is 1.58. The molecule has 0 unspecified atom stereocenters. The first-order valence-electron chi connectivity index (χ1n) is 5.62. The van der Waals surface area contributed by atoms with Crippen LogP contribution < -0.4 is 9.88 Å². The quantitative estimate of drug-likeness (QED) is 0.585. The number of hydrogen-bond acceptors (Lipinski definition) is 3. The number of amides is 2. The molecule has 2 aliphatic rings. The standard InChI is InChI=1S/C13H7N3O2/c17-12-10-5-8-4-7-2-1-3-14-11(7)9(8)6-16(10)13(18)15-12/h1-3,5-6H,4H2/p+1. The van der Waals surface area contributed by atoms with Crippen LogP contribution in [-0.4, -0.2) is 16.9 Å². The van der Waals surface area contributed by atoms with Gasteiger partial charge in [-0.2, -0.15) is 14.7 Å². The highest BCUT2D eigenvalue weighted by molar-refractivity contribution is 6.05. The van der Waals surface area contributed by atoms with E-state index >= 15 is 0 Å². The maximum atomic E-state index is 11.6. The van der Waals surface area contributed by atoms with Crippen LogP contribution in [-0.2, 0) is 6.42 Å². The number of fused-ring (bicyclic) bond motifs is 4. The summed E-state index contributed by atoms with van der Waals surface area (Å²) >= 11 is 0. The van der Waals surface area contributed by atoms with E-state index in [1.165, 1.54) is 4.57 Å². The fourth-order valence-corrected chi connectivity index (χ4v) is 2.55. The fourth-order valence-electron chi connectivity index (χ4n) is 2.55. The van der Waals surface area contributed by atoms with E-state index in [0.717, 1.165) is 28.8 Å². The van der Waals surface area contributed by atoms with Crippen molar-refractivity contribution in [3.63, 3.8) is 0 Å². The van der Waals surface area contributed by atoms with Gasteiger partial charge >= 0.3 is 11.9 Å². The Bertz CT molecular complexity index is 737. The molecular weight excluding hydrogens is 230 g/mol. The lowest BCUT2D eigenvalue weighted by atomic mass is 10.1. The van der Waals surface area contributed by atoms with E-state index in [1.54, 1.807) is 18.5 Å². The Morgan fingerprint density at radius 2 is 2.17 bits per heavy atom. The zero-order chi connectivity index (χ0) is 12.3. The highest BCUT2D eigenvalue weighted by Gasteiger charge is 2.38. The lowest BCUT2D eigenvalue weighted by Gasteiger charge is -1.99. The smallest absolute Gasteiger partial charge is 0.256 e. The number of rotatable bonds is 0. The molecule has 4 rings (SSSR count). The van der Waals surface area contributed by atoms with Crippen molar-refractivity contribution >= 4 is 11.9 Å². The predicted molar refractivity (Wildman–Crippen MR) is 60.9 cm³/mol. The molecule has 1 aliphatic heterocycles. The molecule has 2 amide bonds. The summed E-state index contributed by atoms with van der Waals surface area (Å²) in [6, 6.07) is 5.28.